The summed E-state index contributed by atoms with van der Waals surface area (Å²) in [6.07, 6.45) is 2.76. The van der Waals surface area contributed by atoms with Crippen molar-refractivity contribution in [3.63, 3.8) is 0 Å². The Kier molecular flexibility index (Phi) is 7.81. The van der Waals surface area contributed by atoms with Crippen LogP contribution in [-0.2, 0) is 0 Å². The molecule has 14 heavy (non-hydrogen) atoms. The third-order valence-electron chi connectivity index (χ3n) is 1.85. The molecule has 78 valence electrons. The van der Waals surface area contributed by atoms with Crippen LogP contribution in [0, 0.1) is 0 Å². The van der Waals surface area contributed by atoms with Crippen molar-refractivity contribution in [2.75, 3.05) is 0 Å². The number of rotatable bonds is 4. The fourth-order valence-corrected chi connectivity index (χ4v) is 1.11. The molecule has 1 heteroatoms. The maximum Gasteiger partial charge on any atom is 0.162 e. The third-order valence-corrected chi connectivity index (χ3v) is 1.85. The predicted octanol–water partition coefficient (Wildman–Crippen LogP) is 4.09. The lowest BCUT2D eigenvalue weighted by Gasteiger charge is -1.97. The third kappa shape index (κ3) is 4.80. The van der Waals surface area contributed by atoms with Gasteiger partial charge in [-0.3, -0.25) is 4.79 Å². The molecule has 0 saturated carbocycles. The summed E-state index contributed by atoms with van der Waals surface area (Å²) in [6, 6.07) is 9.48. The van der Waals surface area contributed by atoms with Gasteiger partial charge in [0.2, 0.25) is 0 Å². The zero-order valence-corrected chi connectivity index (χ0v) is 9.42. The fourth-order valence-electron chi connectivity index (χ4n) is 1.11. The van der Waals surface area contributed by atoms with Crippen molar-refractivity contribution >= 4 is 5.78 Å². The number of hydrogen-bond donors (Lipinski definition) is 0. The van der Waals surface area contributed by atoms with Gasteiger partial charge in [-0.1, -0.05) is 57.5 Å². The predicted molar refractivity (Wildman–Crippen MR) is 61.6 cm³/mol. The molecule has 1 aromatic carbocycles. The van der Waals surface area contributed by atoms with Crippen LogP contribution in [-0.4, -0.2) is 5.78 Å². The first-order valence-electron chi connectivity index (χ1n) is 5.43. The summed E-state index contributed by atoms with van der Waals surface area (Å²) in [5, 5.41) is 0. The van der Waals surface area contributed by atoms with E-state index in [9.17, 15) is 4.79 Å². The van der Waals surface area contributed by atoms with Crippen molar-refractivity contribution in [3.8, 4) is 0 Å². The molecule has 0 unspecified atom stereocenters. The fraction of sp³-hybridized carbons (Fsp3) is 0.462. The molecule has 0 aliphatic carbocycles. The normalized spacial score (nSPS) is 8.79. The highest BCUT2D eigenvalue weighted by molar-refractivity contribution is 5.95. The molecule has 0 amide bonds. The van der Waals surface area contributed by atoms with Gasteiger partial charge < -0.3 is 0 Å². The summed E-state index contributed by atoms with van der Waals surface area (Å²) >= 11 is 0. The first-order valence-corrected chi connectivity index (χ1v) is 5.43. The average Bonchev–Trinajstić information content (AvgIpc) is 2.30. The van der Waals surface area contributed by atoms with Crippen LogP contribution in [0.2, 0.25) is 0 Å². The molecule has 0 N–H and O–H groups in total. The van der Waals surface area contributed by atoms with Gasteiger partial charge in [0.05, 0.1) is 0 Å². The zero-order valence-electron chi connectivity index (χ0n) is 9.42. The van der Waals surface area contributed by atoms with Crippen LogP contribution in [0.1, 0.15) is 50.4 Å². The van der Waals surface area contributed by atoms with Crippen LogP contribution in [0.25, 0.3) is 0 Å². The SMILES string of the molecule is CC.CCCCC(=O)c1ccccc1. The molecule has 0 heterocycles. The summed E-state index contributed by atoms with van der Waals surface area (Å²) in [5.74, 6) is 0.262. The molecule has 1 aromatic rings. The Hall–Kier alpha value is -1.11. The Bertz CT molecular complexity index is 239. The summed E-state index contributed by atoms with van der Waals surface area (Å²) in [7, 11) is 0. The molecular weight excluding hydrogens is 172 g/mol. The van der Waals surface area contributed by atoms with Gasteiger partial charge in [0.1, 0.15) is 0 Å². The molecule has 1 nitrogen and oxygen atoms in total. The summed E-state index contributed by atoms with van der Waals surface area (Å²) in [4.78, 5) is 11.4. The minimum Gasteiger partial charge on any atom is -0.294 e. The Balaban J connectivity index is 0.000000791. The van der Waals surface area contributed by atoms with Gasteiger partial charge in [0.15, 0.2) is 5.78 Å². The van der Waals surface area contributed by atoms with Crippen LogP contribution >= 0.6 is 0 Å². The van der Waals surface area contributed by atoms with Gasteiger partial charge >= 0.3 is 0 Å². The van der Waals surface area contributed by atoms with E-state index in [2.05, 4.69) is 6.92 Å². The van der Waals surface area contributed by atoms with E-state index in [0.29, 0.717) is 6.42 Å². The molecule has 0 spiro atoms. The van der Waals surface area contributed by atoms with Crippen LogP contribution in [0.3, 0.4) is 0 Å². The minimum atomic E-state index is 0.262. The molecule has 1 rings (SSSR count). The number of unbranched alkanes of at least 4 members (excludes halogenated alkanes) is 1. The lowest BCUT2D eigenvalue weighted by Crippen LogP contribution is -1.97. The number of benzene rings is 1. The number of carbonyl (C=O) groups excluding carboxylic acids is 1. The van der Waals surface area contributed by atoms with Crippen LogP contribution in [0.4, 0.5) is 0 Å². The molecule has 0 saturated heterocycles. The Morgan fingerprint density at radius 2 is 1.71 bits per heavy atom. The first kappa shape index (κ1) is 12.9. The van der Waals surface area contributed by atoms with E-state index in [4.69, 9.17) is 0 Å². The van der Waals surface area contributed by atoms with Gasteiger partial charge in [-0.2, -0.15) is 0 Å². The lowest BCUT2D eigenvalue weighted by molar-refractivity contribution is 0.0980. The molecule has 0 bridgehead atoms. The van der Waals surface area contributed by atoms with E-state index in [1.807, 2.05) is 44.2 Å². The smallest absolute Gasteiger partial charge is 0.162 e. The van der Waals surface area contributed by atoms with E-state index >= 15 is 0 Å². The van der Waals surface area contributed by atoms with Crippen LogP contribution in [0.5, 0.6) is 0 Å². The molecule has 0 aliphatic heterocycles. The minimum absolute atomic E-state index is 0.262. The van der Waals surface area contributed by atoms with Crippen molar-refractivity contribution in [1.82, 2.24) is 0 Å². The van der Waals surface area contributed by atoms with Gasteiger partial charge in [0, 0.05) is 12.0 Å². The Morgan fingerprint density at radius 3 is 2.21 bits per heavy atom. The van der Waals surface area contributed by atoms with Gasteiger partial charge in [-0.15, -0.1) is 0 Å². The standard InChI is InChI=1S/C11H14O.C2H6/c1-2-3-9-11(12)10-7-5-4-6-8-10;1-2/h4-8H,2-3,9H2,1H3;1-2H3. The van der Waals surface area contributed by atoms with Crippen molar-refractivity contribution in [2.45, 2.75) is 40.0 Å². The van der Waals surface area contributed by atoms with Crippen molar-refractivity contribution in [3.05, 3.63) is 35.9 Å². The van der Waals surface area contributed by atoms with Crippen molar-refractivity contribution in [2.24, 2.45) is 0 Å². The molecular formula is C13H20O. The highest BCUT2D eigenvalue weighted by Gasteiger charge is 2.02. The second-order valence-corrected chi connectivity index (χ2v) is 2.89. The van der Waals surface area contributed by atoms with Gasteiger partial charge in [-0.05, 0) is 6.42 Å². The molecule has 0 atom stereocenters. The second kappa shape index (κ2) is 8.49. The maximum atomic E-state index is 11.4. The van der Waals surface area contributed by atoms with E-state index in [1.54, 1.807) is 0 Å². The number of Topliss-reactive ketones (excluding diaryl/α,β-unsaturated/α-hetero) is 1. The largest absolute Gasteiger partial charge is 0.294 e. The summed E-state index contributed by atoms with van der Waals surface area (Å²) in [6.45, 7) is 6.10. The highest BCUT2D eigenvalue weighted by Crippen LogP contribution is 2.05. The first-order chi connectivity index (χ1) is 6.84. The van der Waals surface area contributed by atoms with Gasteiger partial charge in [0.25, 0.3) is 0 Å². The Morgan fingerprint density at radius 1 is 1.14 bits per heavy atom. The van der Waals surface area contributed by atoms with Crippen molar-refractivity contribution < 1.29 is 4.79 Å². The lowest BCUT2D eigenvalue weighted by atomic mass is 10.1. The summed E-state index contributed by atoms with van der Waals surface area (Å²) < 4.78 is 0. The van der Waals surface area contributed by atoms with E-state index < -0.39 is 0 Å². The number of hydrogen-bond acceptors (Lipinski definition) is 1. The molecule has 0 aromatic heterocycles. The molecule has 0 aliphatic rings. The Labute approximate surface area is 87.2 Å². The van der Waals surface area contributed by atoms with Crippen molar-refractivity contribution in [1.29, 1.82) is 0 Å². The summed E-state index contributed by atoms with van der Waals surface area (Å²) in [5.41, 5.74) is 0.839. The zero-order chi connectivity index (χ0) is 10.8. The van der Waals surface area contributed by atoms with Crippen LogP contribution in [0.15, 0.2) is 30.3 Å². The quantitative estimate of drug-likeness (QED) is 0.657. The van der Waals surface area contributed by atoms with E-state index in [0.717, 1.165) is 18.4 Å². The topological polar surface area (TPSA) is 17.1 Å². The average molecular weight is 192 g/mol. The molecule has 0 radical (unpaired) electrons. The monoisotopic (exact) mass is 192 g/mol. The molecule has 0 fully saturated rings. The number of ketones is 1. The number of carbonyl (C=O) groups is 1. The van der Waals surface area contributed by atoms with E-state index in [-0.39, 0.29) is 5.78 Å². The van der Waals surface area contributed by atoms with Gasteiger partial charge in [-0.25, -0.2) is 0 Å². The van der Waals surface area contributed by atoms with Crippen LogP contribution < -0.4 is 0 Å². The van der Waals surface area contributed by atoms with E-state index in [1.165, 1.54) is 0 Å². The highest BCUT2D eigenvalue weighted by atomic mass is 16.1. The maximum absolute atomic E-state index is 11.4. The second-order valence-electron chi connectivity index (χ2n) is 2.89.